The van der Waals surface area contributed by atoms with E-state index in [-0.39, 0.29) is 31.9 Å². The predicted octanol–water partition coefficient (Wildman–Crippen LogP) is -2.85. The summed E-state index contributed by atoms with van der Waals surface area (Å²) >= 11 is 0.0834. The molecule has 0 saturated carbocycles. The van der Waals surface area contributed by atoms with E-state index in [4.69, 9.17) is 10.8 Å². The molecule has 0 rings (SSSR count). The Morgan fingerprint density at radius 1 is 1.67 bits per heavy atom. The van der Waals surface area contributed by atoms with Gasteiger partial charge in [0, 0.05) is 0 Å². The summed E-state index contributed by atoms with van der Waals surface area (Å²) in [5.41, 5.74) is 5.51. The quantitative estimate of drug-likeness (QED) is 0.237. The first-order chi connectivity index (χ1) is 4.31. The van der Waals surface area contributed by atoms with Crippen molar-refractivity contribution in [1.29, 1.82) is 0 Å². The number of unbranched alkanes of at least 4 members (excludes halogenated alkanes) is 1. The zero-order valence-electron chi connectivity index (χ0n) is 5.81. The fourth-order valence-corrected chi connectivity index (χ4v) is 2.68. The normalized spacial score (nSPS) is 14.1. The molecule has 3 N–H and O–H groups in total. The van der Waals surface area contributed by atoms with Crippen molar-refractivity contribution in [2.45, 2.75) is 23.8 Å². The van der Waals surface area contributed by atoms with Crippen LogP contribution in [-0.2, 0) is 0 Å². The van der Waals surface area contributed by atoms with Gasteiger partial charge in [0.1, 0.15) is 0 Å². The molecule has 9 heavy (non-hydrogen) atoms. The molecule has 0 saturated heterocycles. The third kappa shape index (κ3) is 6.54. The monoisotopic (exact) mass is 244 g/mol. The third-order valence-corrected chi connectivity index (χ3v) is 3.88. The molecule has 0 spiro atoms. The second-order valence-corrected chi connectivity index (χ2v) is 5.45. The van der Waals surface area contributed by atoms with E-state index in [1.165, 1.54) is 17.3 Å². The van der Waals surface area contributed by atoms with Crippen LogP contribution >= 0.6 is 0 Å². The molecule has 0 aromatic heterocycles. The second kappa shape index (κ2) is 6.77. The van der Waals surface area contributed by atoms with Crippen LogP contribution in [0.5, 0.6) is 0 Å². The van der Waals surface area contributed by atoms with Crippen molar-refractivity contribution >= 4 is 0 Å². The molecule has 0 aromatic rings. The maximum absolute atomic E-state index is 8.54. The van der Waals surface area contributed by atoms with Gasteiger partial charge in [0.2, 0.25) is 0 Å². The number of halogens is 1. The van der Waals surface area contributed by atoms with Gasteiger partial charge in [0.25, 0.3) is 0 Å². The van der Waals surface area contributed by atoms with Crippen LogP contribution in [0.3, 0.4) is 0 Å². The summed E-state index contributed by atoms with van der Waals surface area (Å²) in [7, 11) is 0. The molecular weight excluding hydrogens is 229 g/mol. The standard InChI is InChI=1S/C6H15INO/c1-2-3-4-7-6(8)5-9/h6,9H,2-5,8H2,1H3/q-1/t6-/m1/s1. The minimum absolute atomic E-state index is 0.0834. The van der Waals surface area contributed by atoms with Crippen molar-refractivity contribution in [3.63, 3.8) is 0 Å². The van der Waals surface area contributed by atoms with Gasteiger partial charge in [-0.2, -0.15) is 0 Å². The number of hydrogen-bond donors (Lipinski definition) is 2. The summed E-state index contributed by atoms with van der Waals surface area (Å²) in [5, 5.41) is 8.54. The van der Waals surface area contributed by atoms with Crippen LogP contribution in [-0.4, -0.2) is 20.2 Å². The molecule has 0 radical (unpaired) electrons. The molecule has 3 heteroatoms. The number of rotatable bonds is 5. The molecule has 0 bridgehead atoms. The molecule has 0 aliphatic carbocycles. The predicted molar refractivity (Wildman–Crippen MR) is 34.8 cm³/mol. The van der Waals surface area contributed by atoms with Crippen LogP contribution in [0.4, 0.5) is 0 Å². The Morgan fingerprint density at radius 2 is 2.33 bits per heavy atom. The first kappa shape index (κ1) is 9.65. The molecule has 0 aromatic carbocycles. The van der Waals surface area contributed by atoms with Gasteiger partial charge >= 0.3 is 66.9 Å². The molecule has 0 aliphatic rings. The van der Waals surface area contributed by atoms with Crippen molar-refractivity contribution in [2.24, 2.45) is 5.73 Å². The molecule has 2 nitrogen and oxygen atoms in total. The van der Waals surface area contributed by atoms with Crippen LogP contribution in [0.2, 0.25) is 0 Å². The Hall–Kier alpha value is 0.650. The van der Waals surface area contributed by atoms with E-state index in [2.05, 4.69) is 6.92 Å². The van der Waals surface area contributed by atoms with Crippen LogP contribution in [0.15, 0.2) is 0 Å². The van der Waals surface area contributed by atoms with E-state index in [1.807, 2.05) is 0 Å². The van der Waals surface area contributed by atoms with Crippen molar-refractivity contribution in [3.8, 4) is 0 Å². The summed E-state index contributed by atoms with van der Waals surface area (Å²) < 4.78 is 1.38. The molecule has 0 aliphatic heterocycles. The fraction of sp³-hybridized carbons (Fsp3) is 1.00. The van der Waals surface area contributed by atoms with Gasteiger partial charge in [0.05, 0.1) is 0 Å². The van der Waals surface area contributed by atoms with E-state index < -0.39 is 0 Å². The summed E-state index contributed by atoms with van der Waals surface area (Å²) in [6.07, 6.45) is 2.53. The molecule has 0 heterocycles. The first-order valence-corrected chi connectivity index (χ1v) is 6.02. The van der Waals surface area contributed by atoms with Gasteiger partial charge in [-0.15, -0.1) is 0 Å². The van der Waals surface area contributed by atoms with Crippen LogP contribution in [0, 0.1) is 0 Å². The van der Waals surface area contributed by atoms with E-state index in [9.17, 15) is 0 Å². The Balaban J connectivity index is 2.88. The molecular formula is C6H15INO-. The minimum atomic E-state index is 0.0834. The summed E-state index contributed by atoms with van der Waals surface area (Å²) in [4.78, 5) is 0. The number of aliphatic hydroxyl groups is 1. The van der Waals surface area contributed by atoms with E-state index >= 15 is 0 Å². The summed E-state index contributed by atoms with van der Waals surface area (Å²) in [6, 6.07) is 0. The summed E-state index contributed by atoms with van der Waals surface area (Å²) in [5.74, 6) is 0. The molecule has 58 valence electrons. The molecule has 0 unspecified atom stereocenters. The zero-order valence-corrected chi connectivity index (χ0v) is 7.97. The van der Waals surface area contributed by atoms with Crippen LogP contribution < -0.4 is 26.9 Å². The van der Waals surface area contributed by atoms with E-state index in [0.29, 0.717) is 0 Å². The van der Waals surface area contributed by atoms with Crippen molar-refractivity contribution in [2.75, 3.05) is 11.0 Å². The van der Waals surface area contributed by atoms with Crippen molar-refractivity contribution in [3.05, 3.63) is 0 Å². The number of nitrogens with two attached hydrogens (primary N) is 1. The Morgan fingerprint density at radius 3 is 2.78 bits per heavy atom. The maximum atomic E-state index is 8.54. The second-order valence-electron chi connectivity index (χ2n) is 1.90. The Bertz CT molecular complexity index is 61.0. The number of aliphatic hydroxyl groups excluding tert-OH is 1. The van der Waals surface area contributed by atoms with Gasteiger partial charge in [-0.25, -0.2) is 0 Å². The Kier molecular flexibility index (Phi) is 7.25. The van der Waals surface area contributed by atoms with Gasteiger partial charge in [-0.3, -0.25) is 0 Å². The average molecular weight is 244 g/mol. The summed E-state index contributed by atoms with van der Waals surface area (Å²) in [6.45, 7) is 2.35. The first-order valence-electron chi connectivity index (χ1n) is 3.25. The van der Waals surface area contributed by atoms with E-state index in [1.54, 1.807) is 0 Å². The molecule has 1 atom stereocenters. The van der Waals surface area contributed by atoms with Gasteiger partial charge in [-0.1, -0.05) is 0 Å². The van der Waals surface area contributed by atoms with Gasteiger partial charge < -0.3 is 0 Å². The fourth-order valence-electron chi connectivity index (χ4n) is 0.400. The average Bonchev–Trinajstić information content (AvgIpc) is 1.89. The van der Waals surface area contributed by atoms with Crippen LogP contribution in [0.1, 0.15) is 19.8 Å². The third-order valence-electron chi connectivity index (χ3n) is 0.969. The van der Waals surface area contributed by atoms with Gasteiger partial charge in [0.15, 0.2) is 0 Å². The van der Waals surface area contributed by atoms with Crippen LogP contribution in [0.25, 0.3) is 0 Å². The number of alkyl halides is 2. The van der Waals surface area contributed by atoms with Gasteiger partial charge in [-0.05, 0) is 0 Å². The number of hydrogen-bond acceptors (Lipinski definition) is 2. The van der Waals surface area contributed by atoms with Crippen molar-refractivity contribution in [1.82, 2.24) is 0 Å². The van der Waals surface area contributed by atoms with Crippen molar-refractivity contribution < 1.29 is 26.3 Å². The SMILES string of the molecule is CCCC[I-][C@H](N)CO. The molecule has 0 amide bonds. The Labute approximate surface area is 67.1 Å². The van der Waals surface area contributed by atoms with E-state index in [0.717, 1.165) is 0 Å². The topological polar surface area (TPSA) is 46.2 Å². The zero-order chi connectivity index (χ0) is 7.11. The molecule has 0 fully saturated rings.